The molecule has 0 radical (unpaired) electrons. The van der Waals surface area contributed by atoms with Crippen LogP contribution < -0.4 is 5.32 Å². The van der Waals surface area contributed by atoms with Crippen LogP contribution in [0.5, 0.6) is 0 Å². The van der Waals surface area contributed by atoms with Crippen molar-refractivity contribution in [3.8, 4) is 0 Å². The van der Waals surface area contributed by atoms with Gasteiger partial charge >= 0.3 is 0 Å². The van der Waals surface area contributed by atoms with Crippen LogP contribution in [0, 0.1) is 0 Å². The van der Waals surface area contributed by atoms with Gasteiger partial charge in [-0.25, -0.2) is 0 Å². The van der Waals surface area contributed by atoms with Gasteiger partial charge in [0, 0.05) is 11.6 Å². The summed E-state index contributed by atoms with van der Waals surface area (Å²) in [7, 11) is 2.11. The van der Waals surface area contributed by atoms with Crippen molar-refractivity contribution in [1.29, 1.82) is 0 Å². The number of likely N-dealkylation sites (N-methyl/N-ethyl adjacent to an activating group) is 2. The summed E-state index contributed by atoms with van der Waals surface area (Å²) in [5.74, 6) is 0. The molecule has 2 heteroatoms. The monoisotopic (exact) mass is 198 g/mol. The van der Waals surface area contributed by atoms with E-state index < -0.39 is 0 Å². The highest BCUT2D eigenvalue weighted by Gasteiger charge is 2.41. The summed E-state index contributed by atoms with van der Waals surface area (Å²) in [6, 6.07) is 0.686. The lowest BCUT2D eigenvalue weighted by Gasteiger charge is -2.51. The van der Waals surface area contributed by atoms with E-state index in [9.17, 15) is 0 Å². The third kappa shape index (κ3) is 1.82. The van der Waals surface area contributed by atoms with Gasteiger partial charge in [-0.05, 0) is 45.8 Å². The minimum absolute atomic E-state index is 0.418. The first-order chi connectivity index (χ1) is 6.75. The van der Waals surface area contributed by atoms with Gasteiger partial charge in [0.25, 0.3) is 0 Å². The summed E-state index contributed by atoms with van der Waals surface area (Å²) in [5.41, 5.74) is 0.418. The van der Waals surface area contributed by atoms with E-state index in [4.69, 9.17) is 0 Å². The molecule has 1 heterocycles. The molecular formula is C12H26N2. The molecule has 0 bridgehead atoms. The maximum absolute atomic E-state index is 3.52. The van der Waals surface area contributed by atoms with E-state index in [1.165, 1.54) is 38.8 Å². The van der Waals surface area contributed by atoms with Gasteiger partial charge in [0.1, 0.15) is 0 Å². The van der Waals surface area contributed by atoms with E-state index in [1.54, 1.807) is 0 Å². The molecule has 0 spiro atoms. The van der Waals surface area contributed by atoms with E-state index in [0.717, 1.165) is 0 Å². The second-order valence-corrected chi connectivity index (χ2v) is 4.37. The lowest BCUT2D eigenvalue weighted by Crippen LogP contribution is -2.63. The fourth-order valence-corrected chi connectivity index (χ4v) is 3.27. The Balaban J connectivity index is 2.86. The molecule has 0 aliphatic carbocycles. The lowest BCUT2D eigenvalue weighted by molar-refractivity contribution is 0.0142. The molecule has 1 aliphatic rings. The molecule has 84 valence electrons. The lowest BCUT2D eigenvalue weighted by atomic mass is 9.77. The van der Waals surface area contributed by atoms with Crippen LogP contribution in [0.1, 0.15) is 46.5 Å². The summed E-state index contributed by atoms with van der Waals surface area (Å²) in [6.07, 6.45) is 5.22. The van der Waals surface area contributed by atoms with Crippen LogP contribution >= 0.6 is 0 Å². The van der Waals surface area contributed by atoms with Gasteiger partial charge < -0.3 is 5.32 Å². The second-order valence-electron chi connectivity index (χ2n) is 4.37. The summed E-state index contributed by atoms with van der Waals surface area (Å²) in [4.78, 5) is 2.68. The summed E-state index contributed by atoms with van der Waals surface area (Å²) in [6.45, 7) is 9.44. The zero-order valence-electron chi connectivity index (χ0n) is 10.3. The molecule has 1 N–H and O–H groups in total. The van der Waals surface area contributed by atoms with E-state index in [0.29, 0.717) is 11.6 Å². The second kappa shape index (κ2) is 5.13. The van der Waals surface area contributed by atoms with Crippen molar-refractivity contribution in [3.63, 3.8) is 0 Å². The van der Waals surface area contributed by atoms with Crippen molar-refractivity contribution in [2.24, 2.45) is 0 Å². The zero-order valence-corrected chi connectivity index (χ0v) is 10.3. The van der Waals surface area contributed by atoms with Crippen LogP contribution in [0.2, 0.25) is 0 Å². The third-order valence-corrected chi connectivity index (χ3v) is 4.15. The normalized spacial score (nSPS) is 27.9. The van der Waals surface area contributed by atoms with Crippen LogP contribution in [0.3, 0.4) is 0 Å². The summed E-state index contributed by atoms with van der Waals surface area (Å²) >= 11 is 0. The van der Waals surface area contributed by atoms with Crippen LogP contribution in [0.15, 0.2) is 0 Å². The van der Waals surface area contributed by atoms with E-state index >= 15 is 0 Å². The van der Waals surface area contributed by atoms with Gasteiger partial charge in [0.2, 0.25) is 0 Å². The Morgan fingerprint density at radius 2 is 1.93 bits per heavy atom. The number of hydrogen-bond donors (Lipinski definition) is 1. The van der Waals surface area contributed by atoms with Crippen LogP contribution in [0.4, 0.5) is 0 Å². The van der Waals surface area contributed by atoms with Crippen LogP contribution in [0.25, 0.3) is 0 Å². The Morgan fingerprint density at radius 1 is 1.29 bits per heavy atom. The molecule has 1 aliphatic heterocycles. The van der Waals surface area contributed by atoms with Gasteiger partial charge in [-0.15, -0.1) is 0 Å². The zero-order chi connectivity index (χ0) is 10.6. The summed E-state index contributed by atoms with van der Waals surface area (Å²) < 4.78 is 0. The highest BCUT2D eigenvalue weighted by molar-refractivity contribution is 5.01. The van der Waals surface area contributed by atoms with Gasteiger partial charge in [0.05, 0.1) is 0 Å². The van der Waals surface area contributed by atoms with E-state index in [2.05, 4.69) is 38.0 Å². The SMILES string of the molecule is CCN1CCCC(NC)C1(CC)CC. The molecule has 0 amide bonds. The minimum Gasteiger partial charge on any atom is -0.315 e. The quantitative estimate of drug-likeness (QED) is 0.745. The van der Waals surface area contributed by atoms with Gasteiger partial charge in [-0.2, -0.15) is 0 Å². The third-order valence-electron chi connectivity index (χ3n) is 4.15. The maximum atomic E-state index is 3.52. The Morgan fingerprint density at radius 3 is 2.36 bits per heavy atom. The number of hydrogen-bond acceptors (Lipinski definition) is 2. The van der Waals surface area contributed by atoms with Crippen molar-refractivity contribution in [3.05, 3.63) is 0 Å². The maximum Gasteiger partial charge on any atom is 0.0357 e. The number of likely N-dealkylation sites (tertiary alicyclic amines) is 1. The van der Waals surface area contributed by atoms with Gasteiger partial charge in [0.15, 0.2) is 0 Å². The van der Waals surface area contributed by atoms with Gasteiger partial charge in [-0.1, -0.05) is 20.8 Å². The number of rotatable bonds is 4. The smallest absolute Gasteiger partial charge is 0.0357 e. The molecule has 14 heavy (non-hydrogen) atoms. The standard InChI is InChI=1S/C12H26N2/c1-5-12(6-2)11(13-4)9-8-10-14(12)7-3/h11,13H,5-10H2,1-4H3. The van der Waals surface area contributed by atoms with Gasteiger partial charge in [-0.3, -0.25) is 4.90 Å². The Labute approximate surface area is 89.1 Å². The number of nitrogens with zero attached hydrogens (tertiary/aromatic N) is 1. The first-order valence-corrected chi connectivity index (χ1v) is 6.17. The molecule has 0 aromatic rings. The van der Waals surface area contributed by atoms with Crippen LogP contribution in [-0.4, -0.2) is 36.6 Å². The molecule has 2 nitrogen and oxygen atoms in total. The molecule has 1 unspecified atom stereocenters. The molecule has 0 saturated carbocycles. The average molecular weight is 198 g/mol. The van der Waals surface area contributed by atoms with Crippen molar-refractivity contribution < 1.29 is 0 Å². The molecule has 1 fully saturated rings. The highest BCUT2D eigenvalue weighted by Crippen LogP contribution is 2.33. The molecule has 1 saturated heterocycles. The van der Waals surface area contributed by atoms with Crippen molar-refractivity contribution in [2.75, 3.05) is 20.1 Å². The predicted molar refractivity (Wildman–Crippen MR) is 62.6 cm³/mol. The minimum atomic E-state index is 0.418. The van der Waals surface area contributed by atoms with Crippen molar-refractivity contribution >= 4 is 0 Å². The van der Waals surface area contributed by atoms with Crippen LogP contribution in [-0.2, 0) is 0 Å². The topological polar surface area (TPSA) is 15.3 Å². The number of nitrogens with one attached hydrogen (secondary N) is 1. The molecule has 1 rings (SSSR count). The fourth-order valence-electron chi connectivity index (χ4n) is 3.27. The van der Waals surface area contributed by atoms with Crippen molar-refractivity contribution in [2.45, 2.75) is 58.0 Å². The largest absolute Gasteiger partial charge is 0.315 e. The molecule has 0 aromatic heterocycles. The van der Waals surface area contributed by atoms with Crippen molar-refractivity contribution in [1.82, 2.24) is 10.2 Å². The predicted octanol–water partition coefficient (Wildman–Crippen LogP) is 2.25. The Kier molecular flexibility index (Phi) is 4.39. The fraction of sp³-hybridized carbons (Fsp3) is 1.00. The highest BCUT2D eigenvalue weighted by atomic mass is 15.2. The van der Waals surface area contributed by atoms with E-state index in [-0.39, 0.29) is 0 Å². The number of piperidine rings is 1. The average Bonchev–Trinajstić information content (AvgIpc) is 2.27. The first kappa shape index (κ1) is 12.0. The Bertz CT molecular complexity index is 150. The molecule has 0 aromatic carbocycles. The molecular weight excluding hydrogens is 172 g/mol. The first-order valence-electron chi connectivity index (χ1n) is 6.17. The summed E-state index contributed by atoms with van der Waals surface area (Å²) in [5, 5.41) is 3.52. The Hall–Kier alpha value is -0.0800. The molecule has 1 atom stereocenters. The van der Waals surface area contributed by atoms with E-state index in [1.807, 2.05) is 0 Å².